The van der Waals surface area contributed by atoms with Crippen molar-refractivity contribution in [3.63, 3.8) is 0 Å². The van der Waals surface area contributed by atoms with Gasteiger partial charge in [0.1, 0.15) is 0 Å². The van der Waals surface area contributed by atoms with Crippen LogP contribution in [-0.2, 0) is 0 Å². The van der Waals surface area contributed by atoms with Crippen molar-refractivity contribution >= 4 is 0 Å². The van der Waals surface area contributed by atoms with Gasteiger partial charge in [-0.15, -0.1) is 0 Å². The number of nitrogens with one attached hydrogen (secondary N) is 1. The van der Waals surface area contributed by atoms with E-state index in [0.29, 0.717) is 5.41 Å². The van der Waals surface area contributed by atoms with Gasteiger partial charge in [0.2, 0.25) is 0 Å². The van der Waals surface area contributed by atoms with E-state index in [4.69, 9.17) is 0 Å². The van der Waals surface area contributed by atoms with Crippen LogP contribution in [0.1, 0.15) is 27.7 Å². The van der Waals surface area contributed by atoms with E-state index in [9.17, 15) is 0 Å². The van der Waals surface area contributed by atoms with E-state index in [1.165, 1.54) is 11.1 Å². The molecule has 0 aliphatic carbocycles. The summed E-state index contributed by atoms with van der Waals surface area (Å²) >= 11 is 0. The molecule has 1 aliphatic rings. The highest BCUT2D eigenvalue weighted by molar-refractivity contribution is 5.33. The first kappa shape index (κ1) is 8.38. The van der Waals surface area contributed by atoms with Gasteiger partial charge < -0.3 is 5.32 Å². The van der Waals surface area contributed by atoms with Crippen LogP contribution in [0, 0.1) is 5.41 Å². The molecule has 62 valence electrons. The molecule has 0 saturated carbocycles. The molecule has 0 fully saturated rings. The van der Waals surface area contributed by atoms with E-state index >= 15 is 0 Å². The second-order valence-corrected chi connectivity index (χ2v) is 4.16. The fourth-order valence-electron chi connectivity index (χ4n) is 1.48. The molecule has 0 spiro atoms. The molecule has 1 N–H and O–H groups in total. The van der Waals surface area contributed by atoms with Gasteiger partial charge >= 0.3 is 0 Å². The van der Waals surface area contributed by atoms with Crippen LogP contribution in [0.3, 0.4) is 0 Å². The Morgan fingerprint density at radius 1 is 1.36 bits per heavy atom. The van der Waals surface area contributed by atoms with Crippen molar-refractivity contribution in [1.29, 1.82) is 0 Å². The zero-order valence-electron chi connectivity index (χ0n) is 7.86. The lowest BCUT2D eigenvalue weighted by Crippen LogP contribution is -2.20. The fourth-order valence-corrected chi connectivity index (χ4v) is 1.48. The second-order valence-electron chi connectivity index (χ2n) is 4.16. The summed E-state index contributed by atoms with van der Waals surface area (Å²) in [6, 6.07) is 0. The molecule has 0 unspecified atom stereocenters. The Morgan fingerprint density at radius 2 is 2.00 bits per heavy atom. The lowest BCUT2D eigenvalue weighted by Gasteiger charge is -2.25. The monoisotopic (exact) mass is 151 g/mol. The van der Waals surface area contributed by atoms with E-state index in [1.807, 2.05) is 6.20 Å². The first-order chi connectivity index (χ1) is 5.02. The van der Waals surface area contributed by atoms with E-state index < -0.39 is 0 Å². The highest BCUT2D eigenvalue weighted by Gasteiger charge is 2.18. The molecule has 0 aromatic heterocycles. The minimum Gasteiger partial charge on any atom is -0.387 e. The average Bonchev–Trinajstić information content (AvgIpc) is 1.86. The first-order valence-electron chi connectivity index (χ1n) is 4.12. The molecule has 1 rings (SSSR count). The Bertz CT molecular complexity index is 203. The van der Waals surface area contributed by atoms with Crippen molar-refractivity contribution in [3.05, 3.63) is 23.4 Å². The van der Waals surface area contributed by atoms with Crippen molar-refractivity contribution in [2.75, 3.05) is 6.54 Å². The number of rotatable bonds is 0. The quantitative estimate of drug-likeness (QED) is 0.561. The van der Waals surface area contributed by atoms with Crippen molar-refractivity contribution in [2.45, 2.75) is 27.7 Å². The van der Waals surface area contributed by atoms with Crippen molar-refractivity contribution in [1.82, 2.24) is 5.32 Å². The largest absolute Gasteiger partial charge is 0.387 e. The van der Waals surface area contributed by atoms with E-state index in [-0.39, 0.29) is 0 Å². The molecule has 0 aromatic rings. The van der Waals surface area contributed by atoms with Crippen molar-refractivity contribution < 1.29 is 0 Å². The SMILES string of the molecule is CC1=C(C(C)(C)C)C=CNC1. The lowest BCUT2D eigenvalue weighted by molar-refractivity contribution is 0.506. The van der Waals surface area contributed by atoms with Crippen LogP contribution >= 0.6 is 0 Å². The zero-order chi connectivity index (χ0) is 8.48. The zero-order valence-corrected chi connectivity index (χ0v) is 7.86. The summed E-state index contributed by atoms with van der Waals surface area (Å²) in [5, 5.41) is 3.20. The normalized spacial score (nSPS) is 18.5. The molecule has 0 atom stereocenters. The maximum absolute atomic E-state index is 3.20. The summed E-state index contributed by atoms with van der Waals surface area (Å²) in [7, 11) is 0. The summed E-state index contributed by atoms with van der Waals surface area (Å²) in [5.41, 5.74) is 3.22. The van der Waals surface area contributed by atoms with Gasteiger partial charge in [0.15, 0.2) is 0 Å². The fraction of sp³-hybridized carbons (Fsp3) is 0.600. The minimum atomic E-state index is 0.294. The molecule has 0 bridgehead atoms. The molecule has 1 nitrogen and oxygen atoms in total. The molecule has 1 aliphatic heterocycles. The molecular weight excluding hydrogens is 134 g/mol. The van der Waals surface area contributed by atoms with Gasteiger partial charge in [0, 0.05) is 6.54 Å². The summed E-state index contributed by atoms with van der Waals surface area (Å²) in [6.45, 7) is 9.95. The van der Waals surface area contributed by atoms with Crippen molar-refractivity contribution in [3.8, 4) is 0 Å². The summed E-state index contributed by atoms with van der Waals surface area (Å²) in [6.07, 6.45) is 4.21. The first-order valence-corrected chi connectivity index (χ1v) is 4.12. The highest BCUT2D eigenvalue weighted by Crippen LogP contribution is 2.29. The maximum atomic E-state index is 3.20. The van der Waals surface area contributed by atoms with E-state index in [1.54, 1.807) is 0 Å². The Hall–Kier alpha value is -0.720. The summed E-state index contributed by atoms with van der Waals surface area (Å²) < 4.78 is 0. The highest BCUT2D eigenvalue weighted by atomic mass is 14.8. The molecule has 0 saturated heterocycles. The van der Waals surface area contributed by atoms with Crippen LogP contribution in [0.15, 0.2) is 23.4 Å². The second kappa shape index (κ2) is 2.72. The maximum Gasteiger partial charge on any atom is 0.0357 e. The Kier molecular flexibility index (Phi) is 2.08. The topological polar surface area (TPSA) is 12.0 Å². The van der Waals surface area contributed by atoms with Gasteiger partial charge in [-0.2, -0.15) is 0 Å². The third-order valence-corrected chi connectivity index (χ3v) is 2.00. The molecule has 0 amide bonds. The van der Waals surface area contributed by atoms with Crippen LogP contribution in [0.25, 0.3) is 0 Å². The average molecular weight is 151 g/mol. The Balaban J connectivity index is 2.93. The summed E-state index contributed by atoms with van der Waals surface area (Å²) in [5.74, 6) is 0. The predicted octanol–water partition coefficient (Wildman–Crippen LogP) is 2.47. The van der Waals surface area contributed by atoms with Gasteiger partial charge in [0.05, 0.1) is 0 Å². The molecular formula is C10H17N. The molecule has 11 heavy (non-hydrogen) atoms. The number of dihydropyridines is 1. The molecule has 1 heterocycles. The van der Waals surface area contributed by atoms with E-state index in [0.717, 1.165) is 6.54 Å². The van der Waals surface area contributed by atoms with Crippen LogP contribution in [0.2, 0.25) is 0 Å². The van der Waals surface area contributed by atoms with E-state index in [2.05, 4.69) is 39.1 Å². The van der Waals surface area contributed by atoms with Gasteiger partial charge in [-0.25, -0.2) is 0 Å². The van der Waals surface area contributed by atoms with Crippen LogP contribution in [-0.4, -0.2) is 6.54 Å². The standard InChI is InChI=1S/C10H17N/c1-8-7-11-6-5-9(8)10(2,3)4/h5-6,11H,7H2,1-4H3. The van der Waals surface area contributed by atoms with Gasteiger partial charge in [-0.05, 0) is 30.2 Å². The third kappa shape index (κ3) is 1.86. The van der Waals surface area contributed by atoms with Gasteiger partial charge in [-0.3, -0.25) is 0 Å². The number of allylic oxidation sites excluding steroid dienone is 2. The van der Waals surface area contributed by atoms with Crippen LogP contribution < -0.4 is 5.32 Å². The minimum absolute atomic E-state index is 0.294. The van der Waals surface area contributed by atoms with Gasteiger partial charge in [0.25, 0.3) is 0 Å². The smallest absolute Gasteiger partial charge is 0.0357 e. The molecule has 0 radical (unpaired) electrons. The third-order valence-electron chi connectivity index (χ3n) is 2.00. The predicted molar refractivity (Wildman–Crippen MR) is 49.3 cm³/mol. The Morgan fingerprint density at radius 3 is 2.36 bits per heavy atom. The van der Waals surface area contributed by atoms with Crippen LogP contribution in [0.4, 0.5) is 0 Å². The lowest BCUT2D eigenvalue weighted by atomic mass is 9.83. The van der Waals surface area contributed by atoms with Crippen LogP contribution in [0.5, 0.6) is 0 Å². The summed E-state index contributed by atoms with van der Waals surface area (Å²) in [4.78, 5) is 0. The molecule has 1 heteroatoms. The Labute approximate surface area is 69.2 Å². The van der Waals surface area contributed by atoms with Gasteiger partial charge in [-0.1, -0.05) is 26.3 Å². The van der Waals surface area contributed by atoms with Crippen molar-refractivity contribution in [2.24, 2.45) is 5.41 Å². The molecule has 0 aromatic carbocycles. The number of hydrogen-bond acceptors (Lipinski definition) is 1. The number of hydrogen-bond donors (Lipinski definition) is 1.